The van der Waals surface area contributed by atoms with E-state index in [0.717, 1.165) is 0 Å². The Hall–Kier alpha value is -1.10. The summed E-state index contributed by atoms with van der Waals surface area (Å²) in [7, 11) is 0. The Morgan fingerprint density at radius 1 is 1.10 bits per heavy atom. The highest BCUT2D eigenvalue weighted by Crippen LogP contribution is 2.27. The van der Waals surface area contributed by atoms with Crippen LogP contribution in [-0.2, 0) is 9.59 Å². The highest BCUT2D eigenvalue weighted by molar-refractivity contribution is 5.77. The smallest absolute Gasteiger partial charge is 0.320 e. The zero-order valence-electron chi connectivity index (χ0n) is 13.1. The Labute approximate surface area is 127 Å². The number of amides is 1. The van der Waals surface area contributed by atoms with E-state index in [4.69, 9.17) is 0 Å². The van der Waals surface area contributed by atoms with Gasteiger partial charge in [-0.2, -0.15) is 0 Å². The van der Waals surface area contributed by atoms with Crippen molar-refractivity contribution in [1.82, 2.24) is 9.80 Å². The first-order valence-electron chi connectivity index (χ1n) is 8.36. The van der Waals surface area contributed by atoms with Gasteiger partial charge in [0.1, 0.15) is 6.04 Å². The topological polar surface area (TPSA) is 60.9 Å². The fraction of sp³-hybridized carbons (Fsp3) is 0.875. The van der Waals surface area contributed by atoms with Gasteiger partial charge >= 0.3 is 5.97 Å². The minimum Gasteiger partial charge on any atom is -0.480 e. The summed E-state index contributed by atoms with van der Waals surface area (Å²) in [5.74, 6) is 0.0936. The van der Waals surface area contributed by atoms with Gasteiger partial charge < -0.3 is 10.0 Å². The molecule has 0 aromatic carbocycles. The monoisotopic (exact) mass is 296 g/mol. The number of hydrogen-bond acceptors (Lipinski definition) is 3. The lowest BCUT2D eigenvalue weighted by atomic mass is 9.86. The van der Waals surface area contributed by atoms with Crippen LogP contribution in [0.15, 0.2) is 0 Å². The van der Waals surface area contributed by atoms with Gasteiger partial charge in [-0.25, -0.2) is 0 Å². The van der Waals surface area contributed by atoms with Crippen LogP contribution in [0.25, 0.3) is 0 Å². The number of carboxylic acid groups (broad SMARTS) is 1. The summed E-state index contributed by atoms with van der Waals surface area (Å²) in [6.07, 6.45) is 7.55. The maximum absolute atomic E-state index is 12.3. The number of rotatable bonds is 5. The van der Waals surface area contributed by atoms with Crippen LogP contribution in [0.3, 0.4) is 0 Å². The van der Waals surface area contributed by atoms with E-state index in [9.17, 15) is 14.7 Å². The molecule has 0 aromatic rings. The Balaban J connectivity index is 1.77. The normalized spacial score (nSPS) is 23.0. The van der Waals surface area contributed by atoms with Gasteiger partial charge in [0, 0.05) is 32.6 Å². The molecule has 1 aliphatic heterocycles. The SMILES string of the molecule is CC[C@@H](C(=O)O)N1CCN(C(=O)CC2CCCCC2)CC1. The maximum Gasteiger partial charge on any atom is 0.320 e. The van der Waals surface area contributed by atoms with Crippen LogP contribution in [0.5, 0.6) is 0 Å². The molecule has 2 rings (SSSR count). The van der Waals surface area contributed by atoms with Gasteiger partial charge in [0.2, 0.25) is 5.91 Å². The molecule has 0 unspecified atom stereocenters. The summed E-state index contributed by atoms with van der Waals surface area (Å²) in [6.45, 7) is 4.62. The molecule has 1 N–H and O–H groups in total. The van der Waals surface area contributed by atoms with E-state index in [1.165, 1.54) is 32.1 Å². The van der Waals surface area contributed by atoms with E-state index in [0.29, 0.717) is 44.9 Å². The minimum atomic E-state index is -0.750. The summed E-state index contributed by atoms with van der Waals surface area (Å²) in [6, 6.07) is -0.402. The first-order valence-corrected chi connectivity index (χ1v) is 8.36. The van der Waals surface area contributed by atoms with Gasteiger partial charge in [-0.15, -0.1) is 0 Å². The molecule has 21 heavy (non-hydrogen) atoms. The second-order valence-corrected chi connectivity index (χ2v) is 6.39. The van der Waals surface area contributed by atoms with Crippen molar-refractivity contribution >= 4 is 11.9 Å². The molecule has 0 bridgehead atoms. The van der Waals surface area contributed by atoms with Crippen molar-refractivity contribution < 1.29 is 14.7 Å². The number of carbonyl (C=O) groups excluding carboxylic acids is 1. The molecule has 5 heteroatoms. The lowest BCUT2D eigenvalue weighted by Crippen LogP contribution is -2.54. The molecule has 2 fully saturated rings. The summed E-state index contributed by atoms with van der Waals surface area (Å²) in [5, 5.41) is 9.19. The van der Waals surface area contributed by atoms with Crippen molar-refractivity contribution in [2.24, 2.45) is 5.92 Å². The lowest BCUT2D eigenvalue weighted by molar-refractivity contribution is -0.145. The highest BCUT2D eigenvalue weighted by atomic mass is 16.4. The van der Waals surface area contributed by atoms with Crippen molar-refractivity contribution in [2.45, 2.75) is 57.9 Å². The number of nitrogens with zero attached hydrogens (tertiary/aromatic N) is 2. The molecule has 1 aliphatic carbocycles. The molecule has 120 valence electrons. The second-order valence-electron chi connectivity index (χ2n) is 6.39. The number of carboxylic acids is 1. The molecule has 0 spiro atoms. The van der Waals surface area contributed by atoms with E-state index in [1.807, 2.05) is 16.7 Å². The largest absolute Gasteiger partial charge is 0.480 e. The molecule has 1 heterocycles. The summed E-state index contributed by atoms with van der Waals surface area (Å²) < 4.78 is 0. The summed E-state index contributed by atoms with van der Waals surface area (Å²) in [5.41, 5.74) is 0. The van der Waals surface area contributed by atoms with Crippen molar-refractivity contribution in [1.29, 1.82) is 0 Å². The number of carbonyl (C=O) groups is 2. The van der Waals surface area contributed by atoms with E-state index in [2.05, 4.69) is 0 Å². The van der Waals surface area contributed by atoms with Gasteiger partial charge in [-0.05, 0) is 25.2 Å². The molecule has 1 saturated carbocycles. The number of hydrogen-bond donors (Lipinski definition) is 1. The fourth-order valence-corrected chi connectivity index (χ4v) is 3.64. The average Bonchev–Trinajstić information content (AvgIpc) is 2.49. The molecular weight excluding hydrogens is 268 g/mol. The Kier molecular flexibility index (Phi) is 6.03. The van der Waals surface area contributed by atoms with Crippen LogP contribution >= 0.6 is 0 Å². The van der Waals surface area contributed by atoms with Gasteiger partial charge in [0.15, 0.2) is 0 Å². The van der Waals surface area contributed by atoms with E-state index in [1.54, 1.807) is 0 Å². The first-order chi connectivity index (χ1) is 10.1. The molecule has 1 saturated heterocycles. The molecule has 0 radical (unpaired) electrons. The first kappa shape index (κ1) is 16.3. The van der Waals surface area contributed by atoms with Crippen LogP contribution in [0.4, 0.5) is 0 Å². The molecule has 1 atom stereocenters. The van der Waals surface area contributed by atoms with Crippen LogP contribution in [-0.4, -0.2) is 59.0 Å². The third-order valence-corrected chi connectivity index (χ3v) is 4.97. The van der Waals surface area contributed by atoms with Crippen LogP contribution in [0.2, 0.25) is 0 Å². The van der Waals surface area contributed by atoms with Gasteiger partial charge in [0.25, 0.3) is 0 Å². The standard InChI is InChI=1S/C16H28N2O3/c1-2-14(16(20)21)17-8-10-18(11-9-17)15(19)12-13-6-4-3-5-7-13/h13-14H,2-12H2,1H3,(H,20,21)/t14-/m0/s1. The van der Waals surface area contributed by atoms with Crippen molar-refractivity contribution in [3.8, 4) is 0 Å². The third-order valence-electron chi connectivity index (χ3n) is 4.97. The summed E-state index contributed by atoms with van der Waals surface area (Å²) in [4.78, 5) is 27.4. The lowest BCUT2D eigenvalue weighted by Gasteiger charge is -2.38. The minimum absolute atomic E-state index is 0.268. The third kappa shape index (κ3) is 4.43. The summed E-state index contributed by atoms with van der Waals surface area (Å²) >= 11 is 0. The highest BCUT2D eigenvalue weighted by Gasteiger charge is 2.29. The fourth-order valence-electron chi connectivity index (χ4n) is 3.64. The van der Waals surface area contributed by atoms with Crippen LogP contribution < -0.4 is 0 Å². The van der Waals surface area contributed by atoms with Crippen molar-refractivity contribution in [2.75, 3.05) is 26.2 Å². The molecule has 1 amide bonds. The molecule has 0 aromatic heterocycles. The van der Waals surface area contributed by atoms with Crippen molar-refractivity contribution in [3.63, 3.8) is 0 Å². The number of piperazine rings is 1. The quantitative estimate of drug-likeness (QED) is 0.842. The van der Waals surface area contributed by atoms with Gasteiger partial charge in [-0.1, -0.05) is 26.2 Å². The predicted octanol–water partition coefficient (Wildman–Crippen LogP) is 1.96. The van der Waals surface area contributed by atoms with Gasteiger partial charge in [-0.3, -0.25) is 14.5 Å². The predicted molar refractivity (Wildman–Crippen MR) is 81.1 cm³/mol. The van der Waals surface area contributed by atoms with E-state index >= 15 is 0 Å². The van der Waals surface area contributed by atoms with Crippen LogP contribution in [0.1, 0.15) is 51.9 Å². The molecule has 2 aliphatic rings. The second kappa shape index (κ2) is 7.78. The van der Waals surface area contributed by atoms with Crippen LogP contribution in [0, 0.1) is 5.92 Å². The Morgan fingerprint density at radius 2 is 1.71 bits per heavy atom. The van der Waals surface area contributed by atoms with Gasteiger partial charge in [0.05, 0.1) is 0 Å². The van der Waals surface area contributed by atoms with E-state index in [-0.39, 0.29) is 5.91 Å². The maximum atomic E-state index is 12.3. The zero-order valence-corrected chi connectivity index (χ0v) is 13.1. The van der Waals surface area contributed by atoms with E-state index < -0.39 is 12.0 Å². The molecule has 5 nitrogen and oxygen atoms in total. The number of aliphatic carboxylic acids is 1. The average molecular weight is 296 g/mol. The molecular formula is C16H28N2O3. The Bertz CT molecular complexity index is 359. The Morgan fingerprint density at radius 3 is 2.24 bits per heavy atom. The zero-order chi connectivity index (χ0) is 15.2. The van der Waals surface area contributed by atoms with Crippen molar-refractivity contribution in [3.05, 3.63) is 0 Å².